The quantitative estimate of drug-likeness (QED) is 0.0832. The number of hydrogen-bond donors (Lipinski definition) is 1. The van der Waals surface area contributed by atoms with Gasteiger partial charge in [-0.25, -0.2) is 4.79 Å². The van der Waals surface area contributed by atoms with Gasteiger partial charge in [0, 0.05) is 12.8 Å². The Kier molecular flexibility index (Phi) is 16.4. The second-order valence-corrected chi connectivity index (χ2v) is 20.4. The molecular weight excluding hydrogens is 712 g/mol. The summed E-state index contributed by atoms with van der Waals surface area (Å²) in [7, 11) is 0. The van der Waals surface area contributed by atoms with Crippen molar-refractivity contribution in [3.8, 4) is 0 Å². The normalized spacial score (nSPS) is 31.6. The Balaban J connectivity index is 0.000000192. The maximum absolute atomic E-state index is 12.4. The summed E-state index contributed by atoms with van der Waals surface area (Å²) in [5.41, 5.74) is -2.25. The van der Waals surface area contributed by atoms with Crippen LogP contribution in [0.25, 0.3) is 0 Å². The summed E-state index contributed by atoms with van der Waals surface area (Å²) >= 11 is 0. The fourth-order valence-corrected chi connectivity index (χ4v) is 9.83. The number of hydrogen-bond acceptors (Lipinski definition) is 10. The second kappa shape index (κ2) is 19.7. The minimum Gasteiger partial charge on any atom is -0.463 e. The molecule has 1 saturated heterocycles. The zero-order chi connectivity index (χ0) is 41.4. The topological polar surface area (TPSA) is 135 Å². The molecule has 0 aromatic heterocycles. The lowest BCUT2D eigenvalue weighted by Crippen LogP contribution is -2.61. The number of carbonyl (C=O) groups is 4. The van der Waals surface area contributed by atoms with Crippen molar-refractivity contribution in [3.05, 3.63) is 0 Å². The van der Waals surface area contributed by atoms with Crippen molar-refractivity contribution in [1.82, 2.24) is 0 Å². The first-order valence-electron chi connectivity index (χ1n) is 22.3. The predicted octanol–water partition coefficient (Wildman–Crippen LogP) is 9.66. The standard InChI is InChI=1S/C20H36O3.C16H26O3.C10H16O4/c1-4-20(2,3)19(21)23-15-22-14-16-10-12-18(13-11-16)17-8-6-5-7-9-17;1-4-14(2,3)13(17)19-16-8-11-5-12(9-16)7-15(18,6-11)10-16;1-4-10(2,3)9(12)14-7-5-6-13-8(7)11/h16-18H,4-15H2,1-3H3;11-12,18H,4-10H2,1-3H3;7H,4-6H2,1-3H3. The lowest BCUT2D eigenvalue weighted by Gasteiger charge is -2.59. The van der Waals surface area contributed by atoms with Gasteiger partial charge in [-0.05, 0) is 148 Å². The lowest BCUT2D eigenvalue weighted by atomic mass is 9.52. The van der Waals surface area contributed by atoms with Gasteiger partial charge in [0.25, 0.3) is 0 Å². The maximum atomic E-state index is 12.4. The minimum absolute atomic E-state index is 0.0828. The van der Waals surface area contributed by atoms with Crippen molar-refractivity contribution in [2.75, 3.05) is 20.0 Å². The van der Waals surface area contributed by atoms with Gasteiger partial charge in [0.05, 0.1) is 35.1 Å². The van der Waals surface area contributed by atoms with E-state index in [9.17, 15) is 24.3 Å². The molecule has 6 saturated carbocycles. The summed E-state index contributed by atoms with van der Waals surface area (Å²) in [6.45, 7) is 18.5. The third kappa shape index (κ3) is 12.6. The first-order chi connectivity index (χ1) is 26.3. The van der Waals surface area contributed by atoms with Crippen LogP contribution in [0.3, 0.4) is 0 Å². The monoisotopic (exact) mass is 791 g/mol. The molecule has 3 atom stereocenters. The average Bonchev–Trinajstić information content (AvgIpc) is 3.56. The number of esters is 4. The number of carbonyl (C=O) groups excluding carboxylic acids is 4. The van der Waals surface area contributed by atoms with Crippen LogP contribution in [0.5, 0.6) is 0 Å². The van der Waals surface area contributed by atoms with Crippen LogP contribution in [0.4, 0.5) is 0 Å². The Morgan fingerprint density at radius 2 is 1.25 bits per heavy atom. The van der Waals surface area contributed by atoms with Gasteiger partial charge >= 0.3 is 23.9 Å². The zero-order valence-electron chi connectivity index (χ0n) is 36.6. The van der Waals surface area contributed by atoms with E-state index in [1.165, 1.54) is 64.2 Å². The van der Waals surface area contributed by atoms with Gasteiger partial charge in [-0.2, -0.15) is 0 Å². The van der Waals surface area contributed by atoms with Gasteiger partial charge in [0.15, 0.2) is 6.79 Å². The van der Waals surface area contributed by atoms with Crippen molar-refractivity contribution < 1.29 is 48.0 Å². The maximum Gasteiger partial charge on any atom is 0.347 e. The van der Waals surface area contributed by atoms with E-state index in [-0.39, 0.29) is 30.3 Å². The molecule has 322 valence electrons. The van der Waals surface area contributed by atoms with Crippen LogP contribution in [0, 0.1) is 45.8 Å². The summed E-state index contributed by atoms with van der Waals surface area (Å²) in [6.07, 6.45) is 20.3. The van der Waals surface area contributed by atoms with Crippen LogP contribution in [0.1, 0.15) is 184 Å². The molecule has 0 radical (unpaired) electrons. The number of ether oxygens (including phenoxy) is 5. The van der Waals surface area contributed by atoms with E-state index in [4.69, 9.17) is 23.7 Å². The molecule has 4 bridgehead atoms. The summed E-state index contributed by atoms with van der Waals surface area (Å²) in [5, 5.41) is 10.6. The van der Waals surface area contributed by atoms with Crippen LogP contribution in [0.2, 0.25) is 0 Å². The Hall–Kier alpha value is -2.20. The van der Waals surface area contributed by atoms with Crippen LogP contribution >= 0.6 is 0 Å². The predicted molar refractivity (Wildman–Crippen MR) is 215 cm³/mol. The number of aliphatic hydroxyl groups is 1. The molecule has 3 unspecified atom stereocenters. The molecular formula is C46H78O10. The van der Waals surface area contributed by atoms with Gasteiger partial charge in [-0.3, -0.25) is 14.4 Å². The fourth-order valence-electron chi connectivity index (χ4n) is 9.83. The molecule has 0 aromatic rings. The molecule has 10 nitrogen and oxygen atoms in total. The van der Waals surface area contributed by atoms with Gasteiger partial charge in [-0.15, -0.1) is 0 Å². The summed E-state index contributed by atoms with van der Waals surface area (Å²) in [5.74, 6) is 2.76. The Bertz CT molecular complexity index is 1290. The molecule has 7 rings (SSSR count). The summed E-state index contributed by atoms with van der Waals surface area (Å²) in [6, 6.07) is 0. The van der Waals surface area contributed by atoms with E-state index in [1.54, 1.807) is 13.8 Å². The third-order valence-electron chi connectivity index (χ3n) is 14.6. The molecule has 0 aromatic carbocycles. The van der Waals surface area contributed by atoms with Crippen molar-refractivity contribution in [2.24, 2.45) is 45.8 Å². The third-order valence-corrected chi connectivity index (χ3v) is 14.6. The van der Waals surface area contributed by atoms with Crippen LogP contribution < -0.4 is 0 Å². The van der Waals surface area contributed by atoms with Gasteiger partial charge in [-0.1, -0.05) is 52.9 Å². The van der Waals surface area contributed by atoms with Crippen LogP contribution in [0.15, 0.2) is 0 Å². The van der Waals surface area contributed by atoms with Gasteiger partial charge < -0.3 is 28.8 Å². The highest BCUT2D eigenvalue weighted by Gasteiger charge is 2.59. The smallest absolute Gasteiger partial charge is 0.347 e. The highest BCUT2D eigenvalue weighted by molar-refractivity contribution is 5.82. The molecule has 0 spiro atoms. The lowest BCUT2D eigenvalue weighted by molar-refractivity contribution is -0.225. The molecule has 6 aliphatic carbocycles. The summed E-state index contributed by atoms with van der Waals surface area (Å²) < 4.78 is 26.6. The largest absolute Gasteiger partial charge is 0.463 e. The SMILES string of the molecule is CCC(C)(C)C(=O)OC12CC3CC(CC(O)(C3)C1)C2.CCC(C)(C)C(=O)OC1CCOC1=O.CCC(C)(C)C(=O)OCOCC1CCC(C2CCCCC2)CC1. The Morgan fingerprint density at radius 1 is 0.714 bits per heavy atom. The zero-order valence-corrected chi connectivity index (χ0v) is 36.6. The molecule has 7 fully saturated rings. The first-order valence-corrected chi connectivity index (χ1v) is 22.3. The molecule has 1 heterocycles. The van der Waals surface area contributed by atoms with Crippen molar-refractivity contribution in [2.45, 2.75) is 202 Å². The van der Waals surface area contributed by atoms with E-state index in [0.29, 0.717) is 43.6 Å². The van der Waals surface area contributed by atoms with Crippen LogP contribution in [-0.2, 0) is 42.9 Å². The first kappa shape index (κ1) is 46.5. The van der Waals surface area contributed by atoms with Gasteiger partial charge in [0.2, 0.25) is 6.10 Å². The van der Waals surface area contributed by atoms with Crippen molar-refractivity contribution in [1.29, 1.82) is 0 Å². The van der Waals surface area contributed by atoms with E-state index < -0.39 is 33.9 Å². The minimum atomic E-state index is -0.687. The number of cyclic esters (lactones) is 1. The molecule has 56 heavy (non-hydrogen) atoms. The number of rotatable bonds is 13. The molecule has 7 aliphatic rings. The molecule has 10 heteroatoms. The van der Waals surface area contributed by atoms with Crippen LogP contribution in [-0.4, -0.2) is 66.3 Å². The van der Waals surface area contributed by atoms with Gasteiger partial charge in [0.1, 0.15) is 5.60 Å². The Morgan fingerprint density at radius 3 is 1.77 bits per heavy atom. The van der Waals surface area contributed by atoms with E-state index in [2.05, 4.69) is 0 Å². The summed E-state index contributed by atoms with van der Waals surface area (Å²) in [4.78, 5) is 46.8. The van der Waals surface area contributed by atoms with E-state index >= 15 is 0 Å². The highest BCUT2D eigenvalue weighted by atomic mass is 16.7. The van der Waals surface area contributed by atoms with Crippen molar-refractivity contribution >= 4 is 23.9 Å². The Labute approximate surface area is 338 Å². The van der Waals surface area contributed by atoms with E-state index in [1.807, 2.05) is 48.5 Å². The fraction of sp³-hybridized carbons (Fsp3) is 0.913. The molecule has 1 aliphatic heterocycles. The molecule has 1 N–H and O–H groups in total. The van der Waals surface area contributed by atoms with Crippen molar-refractivity contribution in [3.63, 3.8) is 0 Å². The second-order valence-electron chi connectivity index (χ2n) is 20.4. The van der Waals surface area contributed by atoms with E-state index in [0.717, 1.165) is 57.0 Å². The average molecular weight is 791 g/mol. The highest BCUT2D eigenvalue weighted by Crippen LogP contribution is 2.59. The molecule has 0 amide bonds.